The van der Waals surface area contributed by atoms with Gasteiger partial charge in [-0.05, 0) is 26.0 Å². The lowest BCUT2D eigenvalue weighted by atomic mass is 10.3. The number of hydrogen-bond donors (Lipinski definition) is 0. The molecule has 0 saturated carbocycles. The first-order valence-corrected chi connectivity index (χ1v) is 10.0. The monoisotopic (exact) mass is 377 g/mol. The van der Waals surface area contributed by atoms with Crippen LogP contribution in [0.1, 0.15) is 18.1 Å². The molecule has 0 spiro atoms. The van der Waals surface area contributed by atoms with Crippen LogP contribution in [0.5, 0.6) is 0 Å². The molecule has 140 valence electrons. The molecule has 1 fully saturated rings. The first kappa shape index (κ1) is 18.5. The van der Waals surface area contributed by atoms with Crippen molar-refractivity contribution in [2.45, 2.75) is 31.7 Å². The minimum Gasteiger partial charge on any atom is -0.340 e. The number of carbonyl (C=O) groups excluding carboxylic acids is 1. The largest absolute Gasteiger partial charge is 0.340 e. The summed E-state index contributed by atoms with van der Waals surface area (Å²) in [5.74, 6) is 1.48. The van der Waals surface area contributed by atoms with E-state index in [1.807, 2.05) is 13.8 Å². The molecule has 8 nitrogen and oxygen atoms in total. The minimum atomic E-state index is -3.50. The average molecular weight is 377 g/mol. The molecular weight excluding hydrogens is 354 g/mol. The summed E-state index contributed by atoms with van der Waals surface area (Å²) >= 11 is 0. The molecule has 0 bridgehead atoms. The Kier molecular flexibility index (Phi) is 5.38. The van der Waals surface area contributed by atoms with Crippen molar-refractivity contribution in [3.05, 3.63) is 42.0 Å². The summed E-state index contributed by atoms with van der Waals surface area (Å²) in [6, 6.07) is 8.39. The SMILES string of the molecule is Cc1nc(C)n(CCC(=O)N2CCN(S(=O)(=O)c3ccccc3)CC2)n1. The van der Waals surface area contributed by atoms with Gasteiger partial charge in [-0.25, -0.2) is 18.1 Å². The number of benzene rings is 1. The van der Waals surface area contributed by atoms with Crippen molar-refractivity contribution in [1.82, 2.24) is 24.0 Å². The summed E-state index contributed by atoms with van der Waals surface area (Å²) in [6.07, 6.45) is 0.328. The smallest absolute Gasteiger partial charge is 0.243 e. The van der Waals surface area contributed by atoms with E-state index in [1.165, 1.54) is 4.31 Å². The van der Waals surface area contributed by atoms with Crippen molar-refractivity contribution >= 4 is 15.9 Å². The van der Waals surface area contributed by atoms with Crippen molar-refractivity contribution in [3.63, 3.8) is 0 Å². The highest BCUT2D eigenvalue weighted by atomic mass is 32.2. The van der Waals surface area contributed by atoms with Gasteiger partial charge in [-0.1, -0.05) is 18.2 Å². The zero-order chi connectivity index (χ0) is 18.7. The molecule has 0 atom stereocenters. The van der Waals surface area contributed by atoms with Crippen LogP contribution in [-0.2, 0) is 21.4 Å². The summed E-state index contributed by atoms with van der Waals surface area (Å²) in [6.45, 7) is 5.58. The maximum Gasteiger partial charge on any atom is 0.243 e. The maximum atomic E-state index is 12.6. The molecule has 0 unspecified atom stereocenters. The Labute approximate surface area is 153 Å². The zero-order valence-electron chi connectivity index (χ0n) is 15.0. The summed E-state index contributed by atoms with van der Waals surface area (Å²) in [7, 11) is -3.50. The van der Waals surface area contributed by atoms with Crippen molar-refractivity contribution < 1.29 is 13.2 Å². The van der Waals surface area contributed by atoms with E-state index < -0.39 is 10.0 Å². The van der Waals surface area contributed by atoms with Crippen LogP contribution in [0, 0.1) is 13.8 Å². The molecular formula is C17H23N5O3S. The van der Waals surface area contributed by atoms with Crippen LogP contribution in [0.15, 0.2) is 35.2 Å². The predicted molar refractivity (Wildman–Crippen MR) is 95.9 cm³/mol. The van der Waals surface area contributed by atoms with Gasteiger partial charge in [-0.2, -0.15) is 9.40 Å². The van der Waals surface area contributed by atoms with Gasteiger partial charge in [0.15, 0.2) is 0 Å². The second-order valence-electron chi connectivity index (χ2n) is 6.28. The van der Waals surface area contributed by atoms with Gasteiger partial charge in [0.2, 0.25) is 15.9 Å². The lowest BCUT2D eigenvalue weighted by Crippen LogP contribution is -2.50. The lowest BCUT2D eigenvalue weighted by molar-refractivity contribution is -0.132. The second-order valence-corrected chi connectivity index (χ2v) is 8.22. The fourth-order valence-electron chi connectivity index (χ4n) is 3.05. The molecule has 2 aromatic rings. The van der Waals surface area contributed by atoms with Gasteiger partial charge in [-0.15, -0.1) is 0 Å². The highest BCUT2D eigenvalue weighted by Crippen LogP contribution is 2.17. The number of aromatic nitrogens is 3. The van der Waals surface area contributed by atoms with Crippen LogP contribution in [0.2, 0.25) is 0 Å². The van der Waals surface area contributed by atoms with E-state index >= 15 is 0 Å². The number of piperazine rings is 1. The molecule has 1 aromatic carbocycles. The number of carbonyl (C=O) groups is 1. The van der Waals surface area contributed by atoms with Gasteiger partial charge < -0.3 is 4.90 Å². The summed E-state index contributed by atoms with van der Waals surface area (Å²) < 4.78 is 28.4. The molecule has 3 rings (SSSR count). The standard InChI is InChI=1S/C17H23N5O3S/c1-14-18-15(2)22(19-14)9-8-17(23)20-10-12-21(13-11-20)26(24,25)16-6-4-3-5-7-16/h3-7H,8-13H2,1-2H3. The predicted octanol–water partition coefficient (Wildman–Crippen LogP) is 0.818. The van der Waals surface area contributed by atoms with Crippen LogP contribution in [-0.4, -0.2) is 64.5 Å². The van der Waals surface area contributed by atoms with Gasteiger partial charge in [0, 0.05) is 32.6 Å². The molecule has 1 aliphatic heterocycles. The third-order valence-corrected chi connectivity index (χ3v) is 6.39. The molecule has 9 heteroatoms. The molecule has 0 radical (unpaired) electrons. The Morgan fingerprint density at radius 2 is 1.73 bits per heavy atom. The lowest BCUT2D eigenvalue weighted by Gasteiger charge is -2.34. The Hall–Kier alpha value is -2.26. The number of rotatable bonds is 5. The second kappa shape index (κ2) is 7.55. The average Bonchev–Trinajstić information content (AvgIpc) is 2.97. The Morgan fingerprint density at radius 1 is 1.08 bits per heavy atom. The summed E-state index contributed by atoms with van der Waals surface area (Å²) in [4.78, 5) is 18.6. The van der Waals surface area contributed by atoms with Gasteiger partial charge in [0.05, 0.1) is 11.4 Å². The van der Waals surface area contributed by atoms with Crippen molar-refractivity contribution in [1.29, 1.82) is 0 Å². The van der Waals surface area contributed by atoms with Crippen LogP contribution >= 0.6 is 0 Å². The van der Waals surface area contributed by atoms with E-state index in [-0.39, 0.29) is 10.8 Å². The normalized spacial score (nSPS) is 16.0. The molecule has 0 N–H and O–H groups in total. The Morgan fingerprint density at radius 3 is 2.31 bits per heavy atom. The summed E-state index contributed by atoms with van der Waals surface area (Å²) in [5.41, 5.74) is 0. The molecule has 2 heterocycles. The Bertz CT molecular complexity index is 871. The van der Waals surface area contributed by atoms with E-state index in [4.69, 9.17) is 0 Å². The maximum absolute atomic E-state index is 12.6. The molecule has 1 aromatic heterocycles. The van der Waals surface area contributed by atoms with Crippen molar-refractivity contribution in [2.75, 3.05) is 26.2 Å². The summed E-state index contributed by atoms with van der Waals surface area (Å²) in [5, 5.41) is 4.25. The Balaban J connectivity index is 1.55. The van der Waals surface area contributed by atoms with Gasteiger partial charge in [0.1, 0.15) is 11.6 Å². The van der Waals surface area contributed by atoms with E-state index in [0.717, 1.165) is 5.82 Å². The van der Waals surface area contributed by atoms with Crippen molar-refractivity contribution in [3.8, 4) is 0 Å². The van der Waals surface area contributed by atoms with Gasteiger partial charge >= 0.3 is 0 Å². The van der Waals surface area contributed by atoms with E-state index in [0.29, 0.717) is 45.0 Å². The highest BCUT2D eigenvalue weighted by molar-refractivity contribution is 7.89. The van der Waals surface area contributed by atoms with Crippen LogP contribution in [0.25, 0.3) is 0 Å². The van der Waals surface area contributed by atoms with Gasteiger partial charge in [0.25, 0.3) is 0 Å². The minimum absolute atomic E-state index is 0.00862. The van der Waals surface area contributed by atoms with Crippen LogP contribution < -0.4 is 0 Å². The third kappa shape index (κ3) is 3.94. The molecule has 0 aliphatic carbocycles. The number of amides is 1. The molecule has 1 saturated heterocycles. The van der Waals surface area contributed by atoms with E-state index in [2.05, 4.69) is 10.1 Å². The molecule has 1 aliphatic rings. The fraction of sp³-hybridized carbons (Fsp3) is 0.471. The quantitative estimate of drug-likeness (QED) is 0.770. The van der Waals surface area contributed by atoms with E-state index in [1.54, 1.807) is 39.9 Å². The highest BCUT2D eigenvalue weighted by Gasteiger charge is 2.29. The van der Waals surface area contributed by atoms with Crippen LogP contribution in [0.4, 0.5) is 0 Å². The first-order chi connectivity index (χ1) is 12.4. The zero-order valence-corrected chi connectivity index (χ0v) is 15.8. The fourth-order valence-corrected chi connectivity index (χ4v) is 4.50. The molecule has 26 heavy (non-hydrogen) atoms. The number of hydrogen-bond acceptors (Lipinski definition) is 5. The van der Waals surface area contributed by atoms with Crippen LogP contribution in [0.3, 0.4) is 0 Å². The first-order valence-electron chi connectivity index (χ1n) is 8.59. The van der Waals surface area contributed by atoms with Crippen molar-refractivity contribution in [2.24, 2.45) is 0 Å². The number of nitrogens with zero attached hydrogens (tertiary/aromatic N) is 5. The number of sulfonamides is 1. The molecule has 1 amide bonds. The third-order valence-electron chi connectivity index (χ3n) is 4.47. The van der Waals surface area contributed by atoms with Gasteiger partial charge in [-0.3, -0.25) is 4.79 Å². The number of aryl methyl sites for hydroxylation is 3. The van der Waals surface area contributed by atoms with E-state index in [9.17, 15) is 13.2 Å². The topological polar surface area (TPSA) is 88.4 Å².